The summed E-state index contributed by atoms with van der Waals surface area (Å²) in [6.45, 7) is 5.18. The van der Waals surface area contributed by atoms with E-state index in [1.165, 1.54) is 0 Å². The van der Waals surface area contributed by atoms with E-state index >= 15 is 0 Å². The summed E-state index contributed by atoms with van der Waals surface area (Å²) in [5, 5.41) is 3.05. The van der Waals surface area contributed by atoms with Gasteiger partial charge < -0.3 is 5.32 Å². The van der Waals surface area contributed by atoms with Crippen LogP contribution in [0.4, 0.5) is 0 Å². The summed E-state index contributed by atoms with van der Waals surface area (Å²) in [4.78, 5) is 4.22. The topological polar surface area (TPSA) is 71.1 Å². The number of aryl methyl sites for hydroxylation is 1. The van der Waals surface area contributed by atoms with E-state index in [4.69, 9.17) is 0 Å². The molecule has 0 saturated heterocycles. The van der Waals surface area contributed by atoms with Crippen LogP contribution in [0.5, 0.6) is 0 Å². The molecule has 0 radical (unpaired) electrons. The van der Waals surface area contributed by atoms with Crippen LogP contribution in [0.3, 0.4) is 0 Å². The maximum atomic E-state index is 11.3. The summed E-state index contributed by atoms with van der Waals surface area (Å²) in [5.74, 6) is 0.0900. The Balaban J connectivity index is 2.27. The molecule has 1 heterocycles. The molecule has 0 spiro atoms. The molecule has 96 valence electrons. The van der Waals surface area contributed by atoms with Gasteiger partial charge >= 0.3 is 0 Å². The molecule has 0 atom stereocenters. The average molecular weight is 257 g/mol. The van der Waals surface area contributed by atoms with Gasteiger partial charge in [-0.25, -0.2) is 13.1 Å². The zero-order chi connectivity index (χ0) is 12.7. The van der Waals surface area contributed by atoms with Crippen molar-refractivity contribution in [3.05, 3.63) is 29.6 Å². The smallest absolute Gasteiger partial charge is 0.212 e. The van der Waals surface area contributed by atoms with Crippen molar-refractivity contribution in [2.45, 2.75) is 20.4 Å². The Morgan fingerprint density at radius 3 is 2.71 bits per heavy atom. The Bertz CT molecular complexity index is 429. The zero-order valence-corrected chi connectivity index (χ0v) is 11.0. The fourth-order valence-corrected chi connectivity index (χ4v) is 2.32. The van der Waals surface area contributed by atoms with Crippen LogP contribution in [0.1, 0.15) is 18.2 Å². The second-order valence-corrected chi connectivity index (χ2v) is 5.75. The van der Waals surface area contributed by atoms with Gasteiger partial charge in [0.05, 0.1) is 11.4 Å². The Morgan fingerprint density at radius 1 is 1.35 bits per heavy atom. The molecular weight excluding hydrogens is 238 g/mol. The third-order valence-electron chi connectivity index (χ3n) is 2.19. The molecule has 17 heavy (non-hydrogen) atoms. The van der Waals surface area contributed by atoms with Crippen molar-refractivity contribution in [3.8, 4) is 0 Å². The second-order valence-electron chi connectivity index (χ2n) is 3.82. The Labute approximate surface area is 103 Å². The third-order valence-corrected chi connectivity index (χ3v) is 3.66. The number of rotatable bonds is 7. The van der Waals surface area contributed by atoms with Crippen molar-refractivity contribution in [2.75, 3.05) is 18.8 Å². The third kappa shape index (κ3) is 5.76. The van der Waals surface area contributed by atoms with Gasteiger partial charge in [0.25, 0.3) is 0 Å². The number of nitrogens with zero attached hydrogens (tertiary/aromatic N) is 1. The summed E-state index contributed by atoms with van der Waals surface area (Å²) in [6.07, 6.45) is 1.80. The first-order chi connectivity index (χ1) is 8.03. The maximum absolute atomic E-state index is 11.3. The van der Waals surface area contributed by atoms with Gasteiger partial charge in [-0.2, -0.15) is 0 Å². The lowest BCUT2D eigenvalue weighted by Crippen LogP contribution is -2.31. The Hall–Kier alpha value is -0.980. The molecule has 0 amide bonds. The minimum atomic E-state index is -3.13. The molecular formula is C11H19N3O2S. The van der Waals surface area contributed by atoms with Crippen LogP contribution in [-0.2, 0) is 16.6 Å². The molecule has 1 rings (SSSR count). The molecule has 0 unspecified atom stereocenters. The van der Waals surface area contributed by atoms with Crippen LogP contribution in [0.2, 0.25) is 0 Å². The van der Waals surface area contributed by atoms with Crippen molar-refractivity contribution in [1.82, 2.24) is 15.0 Å². The normalized spacial score (nSPS) is 11.6. The minimum absolute atomic E-state index is 0.0900. The van der Waals surface area contributed by atoms with Gasteiger partial charge in [0.2, 0.25) is 10.0 Å². The molecule has 1 aromatic rings. The molecule has 6 heteroatoms. The van der Waals surface area contributed by atoms with Crippen molar-refractivity contribution in [2.24, 2.45) is 0 Å². The SMILES string of the molecule is CCNS(=O)(=O)CCNCc1ccc(C)cn1. The number of nitrogens with one attached hydrogen (secondary N) is 2. The predicted molar refractivity (Wildman–Crippen MR) is 68.1 cm³/mol. The molecule has 0 aliphatic heterocycles. The maximum Gasteiger partial charge on any atom is 0.212 e. The van der Waals surface area contributed by atoms with E-state index < -0.39 is 10.0 Å². The number of hydrogen-bond acceptors (Lipinski definition) is 4. The van der Waals surface area contributed by atoms with E-state index in [2.05, 4.69) is 15.0 Å². The van der Waals surface area contributed by atoms with E-state index in [0.717, 1.165) is 11.3 Å². The summed E-state index contributed by atoms with van der Waals surface area (Å²) >= 11 is 0. The molecule has 1 aromatic heterocycles. The lowest BCUT2D eigenvalue weighted by molar-refractivity contribution is 0.578. The first-order valence-corrected chi connectivity index (χ1v) is 7.28. The van der Waals surface area contributed by atoms with Gasteiger partial charge in [-0.3, -0.25) is 4.98 Å². The highest BCUT2D eigenvalue weighted by Crippen LogP contribution is 1.97. The molecule has 0 fully saturated rings. The van der Waals surface area contributed by atoms with Crippen LogP contribution in [0.25, 0.3) is 0 Å². The van der Waals surface area contributed by atoms with Crippen molar-refractivity contribution in [1.29, 1.82) is 0 Å². The number of sulfonamides is 1. The van der Waals surface area contributed by atoms with E-state index in [1.807, 2.05) is 19.1 Å². The Kier molecular flexibility index (Phi) is 5.54. The van der Waals surface area contributed by atoms with Gasteiger partial charge in [-0.05, 0) is 18.6 Å². The van der Waals surface area contributed by atoms with Crippen molar-refractivity contribution in [3.63, 3.8) is 0 Å². The number of hydrogen-bond donors (Lipinski definition) is 2. The van der Waals surface area contributed by atoms with Gasteiger partial charge in [0.15, 0.2) is 0 Å². The van der Waals surface area contributed by atoms with Crippen molar-refractivity contribution < 1.29 is 8.42 Å². The first-order valence-electron chi connectivity index (χ1n) is 5.63. The fourth-order valence-electron chi connectivity index (χ4n) is 1.32. The lowest BCUT2D eigenvalue weighted by atomic mass is 10.3. The highest BCUT2D eigenvalue weighted by Gasteiger charge is 2.06. The monoisotopic (exact) mass is 257 g/mol. The summed E-state index contributed by atoms with van der Waals surface area (Å²) in [7, 11) is -3.13. The quantitative estimate of drug-likeness (QED) is 0.694. The van der Waals surface area contributed by atoms with E-state index in [-0.39, 0.29) is 5.75 Å². The molecule has 0 aliphatic carbocycles. The molecule has 5 nitrogen and oxygen atoms in total. The average Bonchev–Trinajstić information content (AvgIpc) is 2.27. The zero-order valence-electron chi connectivity index (χ0n) is 10.2. The molecule has 0 saturated carbocycles. The molecule has 0 aromatic carbocycles. The minimum Gasteiger partial charge on any atom is -0.310 e. The summed E-state index contributed by atoms with van der Waals surface area (Å²) in [5.41, 5.74) is 2.03. The van der Waals surface area contributed by atoms with Gasteiger partial charge in [0, 0.05) is 25.8 Å². The number of pyridine rings is 1. The lowest BCUT2D eigenvalue weighted by Gasteiger charge is -2.06. The van der Waals surface area contributed by atoms with E-state index in [1.54, 1.807) is 13.1 Å². The van der Waals surface area contributed by atoms with Crippen LogP contribution in [0, 0.1) is 6.92 Å². The fraction of sp³-hybridized carbons (Fsp3) is 0.545. The van der Waals surface area contributed by atoms with Gasteiger partial charge in [0.1, 0.15) is 0 Å². The largest absolute Gasteiger partial charge is 0.310 e. The van der Waals surface area contributed by atoms with Crippen molar-refractivity contribution >= 4 is 10.0 Å². The van der Waals surface area contributed by atoms with Gasteiger partial charge in [-0.15, -0.1) is 0 Å². The first kappa shape index (κ1) is 14.1. The van der Waals surface area contributed by atoms with Crippen LogP contribution in [-0.4, -0.2) is 32.2 Å². The second kappa shape index (κ2) is 6.68. The van der Waals surface area contributed by atoms with E-state index in [9.17, 15) is 8.42 Å². The standard InChI is InChI=1S/C11H19N3O2S/c1-3-14-17(15,16)7-6-12-9-11-5-4-10(2)8-13-11/h4-5,8,12,14H,3,6-7,9H2,1-2H3. The predicted octanol–water partition coefficient (Wildman–Crippen LogP) is 0.419. The molecule has 0 bridgehead atoms. The summed E-state index contributed by atoms with van der Waals surface area (Å²) < 4.78 is 25.1. The molecule has 2 N–H and O–H groups in total. The number of aromatic nitrogens is 1. The highest BCUT2D eigenvalue weighted by atomic mass is 32.2. The summed E-state index contributed by atoms with van der Waals surface area (Å²) in [6, 6.07) is 3.92. The van der Waals surface area contributed by atoms with Crippen LogP contribution >= 0.6 is 0 Å². The van der Waals surface area contributed by atoms with Gasteiger partial charge in [-0.1, -0.05) is 13.0 Å². The van der Waals surface area contributed by atoms with Crippen LogP contribution in [0.15, 0.2) is 18.3 Å². The van der Waals surface area contributed by atoms with E-state index in [0.29, 0.717) is 19.6 Å². The van der Waals surface area contributed by atoms with Crippen LogP contribution < -0.4 is 10.0 Å². The molecule has 0 aliphatic rings. The Morgan fingerprint density at radius 2 is 2.12 bits per heavy atom. The highest BCUT2D eigenvalue weighted by molar-refractivity contribution is 7.89.